The predicted octanol–water partition coefficient (Wildman–Crippen LogP) is 1.21. The maximum absolute atomic E-state index is 13.1. The summed E-state index contributed by atoms with van der Waals surface area (Å²) in [6.45, 7) is 3.01. The Bertz CT molecular complexity index is 608. The molecule has 21 heavy (non-hydrogen) atoms. The standard InChI is InChI=1S/C17H18O4/c1-6(18)4-16-12-8-3-9-11(10(8)14(16)20)15(21)17(16,13(9)12)5-7(2)19/h8-13H,3-5H2,1-2H3/t8-,9+,10-,11+,12+,13-,16-,17-/m0/s1. The zero-order valence-electron chi connectivity index (χ0n) is 12.2. The molecule has 0 saturated heterocycles. The molecular formula is C17H18O4. The summed E-state index contributed by atoms with van der Waals surface area (Å²) in [5, 5.41) is 0. The summed E-state index contributed by atoms with van der Waals surface area (Å²) >= 11 is 0. The third kappa shape index (κ3) is 0.861. The third-order valence-corrected chi connectivity index (χ3v) is 7.64. The van der Waals surface area contributed by atoms with Gasteiger partial charge in [-0.1, -0.05) is 0 Å². The second kappa shape index (κ2) is 3.06. The summed E-state index contributed by atoms with van der Waals surface area (Å²) in [6.07, 6.45) is 1.33. The second-order valence-electron chi connectivity index (χ2n) is 8.10. The molecule has 0 N–H and O–H groups in total. The van der Waals surface area contributed by atoms with Crippen LogP contribution < -0.4 is 0 Å². The first-order valence-corrected chi connectivity index (χ1v) is 7.95. The van der Waals surface area contributed by atoms with Crippen LogP contribution in [0.25, 0.3) is 0 Å². The van der Waals surface area contributed by atoms with Crippen LogP contribution in [0.3, 0.4) is 0 Å². The van der Waals surface area contributed by atoms with Crippen molar-refractivity contribution in [2.75, 3.05) is 0 Å². The molecule has 4 nitrogen and oxygen atoms in total. The topological polar surface area (TPSA) is 68.3 Å². The molecule has 0 amide bonds. The molecule has 4 heteroatoms. The average molecular weight is 286 g/mol. The zero-order chi connectivity index (χ0) is 14.9. The van der Waals surface area contributed by atoms with Crippen molar-refractivity contribution in [2.45, 2.75) is 33.1 Å². The highest BCUT2D eigenvalue weighted by atomic mass is 16.2. The van der Waals surface area contributed by atoms with E-state index >= 15 is 0 Å². The Morgan fingerprint density at radius 3 is 1.62 bits per heavy atom. The van der Waals surface area contributed by atoms with Gasteiger partial charge in [-0.25, -0.2) is 0 Å². The fourth-order valence-electron chi connectivity index (χ4n) is 7.84. The molecule has 110 valence electrons. The minimum atomic E-state index is -0.802. The highest BCUT2D eigenvalue weighted by molar-refractivity contribution is 6.14. The first-order valence-electron chi connectivity index (χ1n) is 7.95. The average Bonchev–Trinajstić information content (AvgIpc) is 2.95. The van der Waals surface area contributed by atoms with Crippen molar-refractivity contribution in [3.8, 4) is 0 Å². The highest BCUT2D eigenvalue weighted by Gasteiger charge is 2.95. The lowest BCUT2D eigenvalue weighted by Gasteiger charge is -2.62. The van der Waals surface area contributed by atoms with Gasteiger partial charge < -0.3 is 0 Å². The first kappa shape index (κ1) is 12.2. The number of rotatable bonds is 4. The van der Waals surface area contributed by atoms with Crippen LogP contribution in [-0.2, 0) is 19.2 Å². The van der Waals surface area contributed by atoms with Crippen LogP contribution in [0.4, 0.5) is 0 Å². The van der Waals surface area contributed by atoms with E-state index in [4.69, 9.17) is 0 Å². The molecule has 0 aromatic heterocycles. The van der Waals surface area contributed by atoms with Gasteiger partial charge in [0.2, 0.25) is 0 Å². The normalized spacial score (nSPS) is 57.2. The summed E-state index contributed by atoms with van der Waals surface area (Å²) in [4.78, 5) is 49.8. The molecule has 0 unspecified atom stereocenters. The van der Waals surface area contributed by atoms with Crippen LogP contribution >= 0.6 is 0 Å². The van der Waals surface area contributed by atoms with Crippen molar-refractivity contribution in [2.24, 2.45) is 46.3 Å². The molecule has 5 fully saturated rings. The van der Waals surface area contributed by atoms with E-state index in [9.17, 15) is 19.2 Å². The van der Waals surface area contributed by atoms with Crippen LogP contribution in [0.5, 0.6) is 0 Å². The van der Waals surface area contributed by atoms with E-state index in [0.29, 0.717) is 11.8 Å². The van der Waals surface area contributed by atoms with E-state index in [1.54, 1.807) is 0 Å². The van der Waals surface area contributed by atoms with E-state index in [1.165, 1.54) is 13.8 Å². The minimum absolute atomic E-state index is 0.0225. The van der Waals surface area contributed by atoms with Gasteiger partial charge in [-0.2, -0.15) is 0 Å². The van der Waals surface area contributed by atoms with Crippen molar-refractivity contribution < 1.29 is 19.2 Å². The van der Waals surface area contributed by atoms with E-state index in [1.807, 2.05) is 0 Å². The molecule has 0 spiro atoms. The van der Waals surface area contributed by atoms with Crippen LogP contribution in [0.1, 0.15) is 33.1 Å². The Balaban J connectivity index is 1.77. The van der Waals surface area contributed by atoms with E-state index in [0.717, 1.165) is 6.42 Å². The lowest BCUT2D eigenvalue weighted by atomic mass is 9.37. The molecular weight excluding hydrogens is 268 g/mol. The van der Waals surface area contributed by atoms with Gasteiger partial charge >= 0.3 is 0 Å². The Hall–Kier alpha value is -1.32. The molecule has 5 rings (SSSR count). The fourth-order valence-corrected chi connectivity index (χ4v) is 7.84. The van der Waals surface area contributed by atoms with Crippen LogP contribution in [-0.4, -0.2) is 23.1 Å². The van der Waals surface area contributed by atoms with Gasteiger partial charge in [0.05, 0.1) is 10.8 Å². The second-order valence-corrected chi connectivity index (χ2v) is 8.10. The summed E-state index contributed by atoms with van der Waals surface area (Å²) in [7, 11) is 0. The van der Waals surface area contributed by atoms with Gasteiger partial charge in [-0.15, -0.1) is 0 Å². The van der Waals surface area contributed by atoms with Crippen molar-refractivity contribution in [1.82, 2.24) is 0 Å². The first-order chi connectivity index (χ1) is 9.88. The largest absolute Gasteiger partial charge is 0.300 e. The number of carbonyl (C=O) groups is 4. The molecule has 5 aliphatic carbocycles. The highest BCUT2D eigenvalue weighted by Crippen LogP contribution is 2.91. The summed E-state index contributed by atoms with van der Waals surface area (Å²) < 4.78 is 0. The number of Topliss-reactive ketones (excluding diaryl/α,β-unsaturated/α-hetero) is 4. The van der Waals surface area contributed by atoms with Crippen LogP contribution in [0.2, 0.25) is 0 Å². The Kier molecular flexibility index (Phi) is 1.78. The molecule has 8 atom stereocenters. The Labute approximate surface area is 122 Å². The lowest BCUT2D eigenvalue weighted by Crippen LogP contribution is -2.69. The summed E-state index contributed by atoms with van der Waals surface area (Å²) in [6, 6.07) is 0. The SMILES string of the molecule is CC(=O)C[C@]12C(=O)[C@H]3[C@@H]4C[C@@H]5[C@H]3C(=O)[C@]1(CC(C)=O)[C@@H]5[C@@H]42. The monoisotopic (exact) mass is 286 g/mol. The molecule has 5 aliphatic rings. The quantitative estimate of drug-likeness (QED) is 0.779. The predicted molar refractivity (Wildman–Crippen MR) is 71.0 cm³/mol. The minimum Gasteiger partial charge on any atom is -0.300 e. The third-order valence-electron chi connectivity index (χ3n) is 7.64. The van der Waals surface area contributed by atoms with Gasteiger partial charge in [-0.05, 0) is 43.9 Å². The Morgan fingerprint density at radius 2 is 1.29 bits per heavy atom. The van der Waals surface area contributed by atoms with E-state index in [2.05, 4.69) is 0 Å². The van der Waals surface area contributed by atoms with Gasteiger partial charge in [0.15, 0.2) is 0 Å². The van der Waals surface area contributed by atoms with Gasteiger partial charge in [-0.3, -0.25) is 19.2 Å². The smallest absolute Gasteiger partial charge is 0.144 e. The maximum atomic E-state index is 13.1. The summed E-state index contributed by atoms with van der Waals surface area (Å²) in [5.41, 5.74) is -1.60. The number of fused-ring (bicyclic) bond motifs is 2. The fraction of sp³-hybridized carbons (Fsp3) is 0.765. The van der Waals surface area contributed by atoms with E-state index in [-0.39, 0.29) is 59.6 Å². The molecule has 0 radical (unpaired) electrons. The molecule has 0 aromatic carbocycles. The molecule has 0 aliphatic heterocycles. The van der Waals surface area contributed by atoms with Gasteiger partial charge in [0.1, 0.15) is 23.1 Å². The number of hydrogen-bond acceptors (Lipinski definition) is 4. The zero-order valence-corrected chi connectivity index (χ0v) is 12.2. The van der Waals surface area contributed by atoms with Crippen LogP contribution in [0, 0.1) is 46.3 Å². The number of ketones is 4. The molecule has 0 aromatic rings. The maximum Gasteiger partial charge on any atom is 0.144 e. The van der Waals surface area contributed by atoms with E-state index < -0.39 is 10.8 Å². The Morgan fingerprint density at radius 1 is 0.905 bits per heavy atom. The molecule has 2 bridgehead atoms. The molecule has 5 saturated carbocycles. The number of carbonyl (C=O) groups excluding carboxylic acids is 4. The van der Waals surface area contributed by atoms with Crippen LogP contribution in [0.15, 0.2) is 0 Å². The number of hydrogen-bond donors (Lipinski definition) is 0. The lowest BCUT2D eigenvalue weighted by molar-refractivity contribution is -0.195. The van der Waals surface area contributed by atoms with Gasteiger partial charge in [0, 0.05) is 24.7 Å². The van der Waals surface area contributed by atoms with Crippen molar-refractivity contribution in [1.29, 1.82) is 0 Å². The van der Waals surface area contributed by atoms with Crippen molar-refractivity contribution >= 4 is 23.1 Å². The van der Waals surface area contributed by atoms with Crippen molar-refractivity contribution in [3.05, 3.63) is 0 Å². The van der Waals surface area contributed by atoms with Gasteiger partial charge in [0.25, 0.3) is 0 Å². The summed E-state index contributed by atoms with van der Waals surface area (Å²) in [5.74, 6) is 1.11. The van der Waals surface area contributed by atoms with Crippen molar-refractivity contribution in [3.63, 3.8) is 0 Å². The molecule has 0 heterocycles.